The van der Waals surface area contributed by atoms with Gasteiger partial charge in [-0.1, -0.05) is 0 Å². The highest BCUT2D eigenvalue weighted by atomic mass is 16.5. The Kier molecular flexibility index (Phi) is 5.87. The van der Waals surface area contributed by atoms with Gasteiger partial charge in [-0.3, -0.25) is 4.79 Å². The van der Waals surface area contributed by atoms with Crippen LogP contribution in [-0.4, -0.2) is 25.0 Å². The molecule has 0 aromatic heterocycles. The van der Waals surface area contributed by atoms with Gasteiger partial charge in [0.25, 0.3) is 0 Å². The Morgan fingerprint density at radius 2 is 1.94 bits per heavy atom. The Balaban J connectivity index is 2.55. The summed E-state index contributed by atoms with van der Waals surface area (Å²) in [6.45, 7) is 2.59. The lowest BCUT2D eigenvalue weighted by molar-refractivity contribution is -0.116. The smallest absolute Gasteiger partial charge is 0.338 e. The van der Waals surface area contributed by atoms with Crippen LogP contribution in [0.15, 0.2) is 24.3 Å². The van der Waals surface area contributed by atoms with E-state index in [9.17, 15) is 9.59 Å². The van der Waals surface area contributed by atoms with E-state index >= 15 is 0 Å². The second kappa shape index (κ2) is 7.45. The fourth-order valence-electron chi connectivity index (χ4n) is 1.39. The van der Waals surface area contributed by atoms with Crippen LogP contribution in [0.2, 0.25) is 0 Å². The van der Waals surface area contributed by atoms with Crippen LogP contribution >= 0.6 is 0 Å². The monoisotopic (exact) mass is 250 g/mol. The number of nitrogens with two attached hydrogens (primary N) is 1. The molecule has 0 bridgehead atoms. The lowest BCUT2D eigenvalue weighted by Crippen LogP contribution is -2.13. The Bertz CT molecular complexity index is 401. The zero-order valence-electron chi connectivity index (χ0n) is 10.4. The lowest BCUT2D eigenvalue weighted by Gasteiger charge is -2.06. The molecule has 18 heavy (non-hydrogen) atoms. The number of benzene rings is 1. The number of ether oxygens (including phenoxy) is 1. The van der Waals surface area contributed by atoms with E-state index in [2.05, 4.69) is 5.32 Å². The first-order chi connectivity index (χ1) is 8.67. The summed E-state index contributed by atoms with van der Waals surface area (Å²) in [7, 11) is 0. The number of hydrogen-bond acceptors (Lipinski definition) is 4. The Morgan fingerprint density at radius 3 is 2.50 bits per heavy atom. The molecule has 0 saturated heterocycles. The van der Waals surface area contributed by atoms with Crippen molar-refractivity contribution in [1.82, 2.24) is 0 Å². The quantitative estimate of drug-likeness (QED) is 0.750. The highest BCUT2D eigenvalue weighted by Gasteiger charge is 2.06. The maximum absolute atomic E-state index is 11.4. The molecule has 0 aliphatic carbocycles. The van der Waals surface area contributed by atoms with Gasteiger partial charge in [0.05, 0.1) is 12.2 Å². The van der Waals surface area contributed by atoms with Gasteiger partial charge in [0.1, 0.15) is 0 Å². The van der Waals surface area contributed by atoms with Gasteiger partial charge in [-0.15, -0.1) is 0 Å². The molecular formula is C13H18N2O3. The van der Waals surface area contributed by atoms with Gasteiger partial charge < -0.3 is 15.8 Å². The van der Waals surface area contributed by atoms with E-state index in [1.54, 1.807) is 31.2 Å². The number of carbonyl (C=O) groups is 2. The summed E-state index contributed by atoms with van der Waals surface area (Å²) in [5.41, 5.74) is 6.45. The van der Waals surface area contributed by atoms with Crippen LogP contribution in [0.5, 0.6) is 0 Å². The molecule has 0 saturated carbocycles. The van der Waals surface area contributed by atoms with E-state index in [0.29, 0.717) is 37.2 Å². The van der Waals surface area contributed by atoms with Crippen molar-refractivity contribution in [3.8, 4) is 0 Å². The first-order valence-corrected chi connectivity index (χ1v) is 5.94. The predicted octanol–water partition coefficient (Wildman–Crippen LogP) is 1.54. The molecule has 1 rings (SSSR count). The zero-order chi connectivity index (χ0) is 13.4. The molecule has 98 valence electrons. The summed E-state index contributed by atoms with van der Waals surface area (Å²) in [5, 5.41) is 2.73. The fourth-order valence-corrected chi connectivity index (χ4v) is 1.39. The minimum absolute atomic E-state index is 0.0793. The molecule has 0 heterocycles. The molecule has 0 radical (unpaired) electrons. The Labute approximate surface area is 106 Å². The van der Waals surface area contributed by atoms with E-state index in [4.69, 9.17) is 10.5 Å². The summed E-state index contributed by atoms with van der Waals surface area (Å²) < 4.78 is 4.86. The van der Waals surface area contributed by atoms with Crippen molar-refractivity contribution in [3.05, 3.63) is 29.8 Å². The maximum atomic E-state index is 11.4. The predicted molar refractivity (Wildman–Crippen MR) is 69.3 cm³/mol. The van der Waals surface area contributed by atoms with E-state index in [0.717, 1.165) is 0 Å². The third-order valence-electron chi connectivity index (χ3n) is 2.29. The highest BCUT2D eigenvalue weighted by molar-refractivity contribution is 5.93. The molecule has 0 aliphatic rings. The minimum atomic E-state index is -0.362. The average Bonchev–Trinajstić information content (AvgIpc) is 2.37. The molecule has 5 heteroatoms. The number of anilines is 1. The first kappa shape index (κ1) is 14.2. The summed E-state index contributed by atoms with van der Waals surface area (Å²) in [5.74, 6) is -0.442. The van der Waals surface area contributed by atoms with E-state index in [1.165, 1.54) is 0 Å². The number of rotatable bonds is 6. The van der Waals surface area contributed by atoms with Crippen molar-refractivity contribution in [2.75, 3.05) is 18.5 Å². The van der Waals surface area contributed by atoms with Gasteiger partial charge in [-0.25, -0.2) is 4.79 Å². The standard InChI is InChI=1S/C13H18N2O3/c1-2-18-13(17)10-5-7-11(8-6-10)15-12(16)4-3-9-14/h5-8H,2-4,9,14H2,1H3,(H,15,16). The molecule has 1 aromatic carbocycles. The van der Waals surface area contributed by atoms with Crippen molar-refractivity contribution >= 4 is 17.6 Å². The molecule has 0 unspecified atom stereocenters. The van der Waals surface area contributed by atoms with Gasteiger partial charge in [-0.2, -0.15) is 0 Å². The topological polar surface area (TPSA) is 81.4 Å². The first-order valence-electron chi connectivity index (χ1n) is 5.94. The van der Waals surface area contributed by atoms with Crippen LogP contribution < -0.4 is 11.1 Å². The summed E-state index contributed by atoms with van der Waals surface area (Å²) in [6, 6.07) is 6.59. The lowest BCUT2D eigenvalue weighted by atomic mass is 10.2. The van der Waals surface area contributed by atoms with Gasteiger partial charge in [0.15, 0.2) is 0 Å². The SMILES string of the molecule is CCOC(=O)c1ccc(NC(=O)CCCN)cc1. The number of esters is 1. The van der Waals surface area contributed by atoms with E-state index in [1.807, 2.05) is 0 Å². The molecule has 0 fully saturated rings. The van der Waals surface area contributed by atoms with Crippen LogP contribution in [0.3, 0.4) is 0 Å². The summed E-state index contributed by atoms with van der Waals surface area (Å²) >= 11 is 0. The summed E-state index contributed by atoms with van der Waals surface area (Å²) in [4.78, 5) is 22.8. The average molecular weight is 250 g/mol. The van der Waals surface area contributed by atoms with Gasteiger partial charge in [0, 0.05) is 12.1 Å². The third kappa shape index (κ3) is 4.55. The number of amides is 1. The molecule has 1 amide bonds. The Morgan fingerprint density at radius 1 is 1.28 bits per heavy atom. The summed E-state index contributed by atoms with van der Waals surface area (Å²) in [6.07, 6.45) is 1.06. The molecule has 3 N–H and O–H groups in total. The molecule has 0 atom stereocenters. The number of hydrogen-bond donors (Lipinski definition) is 2. The van der Waals surface area contributed by atoms with Crippen molar-refractivity contribution < 1.29 is 14.3 Å². The van der Waals surface area contributed by atoms with Crippen molar-refractivity contribution in [3.63, 3.8) is 0 Å². The van der Waals surface area contributed by atoms with Crippen LogP contribution in [0.1, 0.15) is 30.1 Å². The molecule has 1 aromatic rings. The fraction of sp³-hybridized carbons (Fsp3) is 0.385. The van der Waals surface area contributed by atoms with Crippen LogP contribution in [0.25, 0.3) is 0 Å². The maximum Gasteiger partial charge on any atom is 0.338 e. The molecule has 0 spiro atoms. The van der Waals surface area contributed by atoms with Gasteiger partial charge >= 0.3 is 5.97 Å². The molecule has 5 nitrogen and oxygen atoms in total. The van der Waals surface area contributed by atoms with E-state index < -0.39 is 0 Å². The minimum Gasteiger partial charge on any atom is -0.462 e. The zero-order valence-corrected chi connectivity index (χ0v) is 10.4. The van der Waals surface area contributed by atoms with Gasteiger partial charge in [0.2, 0.25) is 5.91 Å². The van der Waals surface area contributed by atoms with Crippen molar-refractivity contribution in [2.45, 2.75) is 19.8 Å². The molecule has 0 aliphatic heterocycles. The van der Waals surface area contributed by atoms with Crippen molar-refractivity contribution in [1.29, 1.82) is 0 Å². The third-order valence-corrected chi connectivity index (χ3v) is 2.29. The normalized spacial score (nSPS) is 9.89. The van der Waals surface area contributed by atoms with E-state index in [-0.39, 0.29) is 11.9 Å². The number of nitrogens with one attached hydrogen (secondary N) is 1. The highest BCUT2D eigenvalue weighted by Crippen LogP contribution is 2.11. The largest absolute Gasteiger partial charge is 0.462 e. The number of carbonyl (C=O) groups excluding carboxylic acids is 2. The van der Waals surface area contributed by atoms with Gasteiger partial charge in [-0.05, 0) is 44.2 Å². The van der Waals surface area contributed by atoms with Crippen LogP contribution in [0, 0.1) is 0 Å². The second-order valence-corrected chi connectivity index (χ2v) is 3.74. The van der Waals surface area contributed by atoms with Crippen LogP contribution in [-0.2, 0) is 9.53 Å². The second-order valence-electron chi connectivity index (χ2n) is 3.74. The Hall–Kier alpha value is -1.88. The van der Waals surface area contributed by atoms with Crippen LogP contribution in [0.4, 0.5) is 5.69 Å². The molecular weight excluding hydrogens is 232 g/mol. The van der Waals surface area contributed by atoms with Crippen molar-refractivity contribution in [2.24, 2.45) is 5.73 Å².